The van der Waals surface area contributed by atoms with E-state index in [0.717, 1.165) is 5.56 Å². The van der Waals surface area contributed by atoms with Crippen molar-refractivity contribution < 1.29 is 17.5 Å². The first-order valence-corrected chi connectivity index (χ1v) is 9.33. The second-order valence-electron chi connectivity index (χ2n) is 5.68. The predicted molar refractivity (Wildman–Crippen MR) is 90.0 cm³/mol. The molecule has 0 amide bonds. The fraction of sp³-hybridized carbons (Fsp3) is 0.294. The average molecular weight is 370 g/mol. The Kier molecular flexibility index (Phi) is 4.92. The van der Waals surface area contributed by atoms with Crippen LogP contribution in [0.2, 0.25) is 5.02 Å². The molecular weight excluding hydrogens is 353 g/mol. The van der Waals surface area contributed by atoms with E-state index in [4.69, 9.17) is 16.3 Å². The van der Waals surface area contributed by atoms with Gasteiger partial charge in [-0.15, -0.1) is 0 Å². The number of benzene rings is 2. The van der Waals surface area contributed by atoms with Crippen LogP contribution in [0, 0.1) is 12.7 Å². The Morgan fingerprint density at radius 3 is 2.58 bits per heavy atom. The zero-order valence-electron chi connectivity index (χ0n) is 13.1. The lowest BCUT2D eigenvalue weighted by Crippen LogP contribution is -2.42. The Hall–Kier alpha value is -1.47. The maximum atomic E-state index is 13.1. The zero-order chi connectivity index (χ0) is 17.3. The van der Waals surface area contributed by atoms with E-state index in [1.54, 1.807) is 31.2 Å². The van der Waals surface area contributed by atoms with Gasteiger partial charge in [0.05, 0.1) is 17.6 Å². The van der Waals surface area contributed by atoms with Crippen LogP contribution in [0.3, 0.4) is 0 Å². The molecule has 0 aliphatic carbocycles. The van der Waals surface area contributed by atoms with Gasteiger partial charge in [-0.05, 0) is 48.4 Å². The van der Waals surface area contributed by atoms with Crippen LogP contribution in [0.4, 0.5) is 4.39 Å². The fourth-order valence-corrected chi connectivity index (χ4v) is 4.62. The number of sulfonamides is 1. The Labute approximate surface area is 145 Å². The third-order valence-electron chi connectivity index (χ3n) is 4.03. The van der Waals surface area contributed by atoms with Gasteiger partial charge in [0.25, 0.3) is 0 Å². The lowest BCUT2D eigenvalue weighted by atomic mass is 10.1. The van der Waals surface area contributed by atoms with Crippen molar-refractivity contribution in [1.82, 2.24) is 4.31 Å². The first kappa shape index (κ1) is 17.4. The summed E-state index contributed by atoms with van der Waals surface area (Å²) in [6.07, 6.45) is -0.415. The molecule has 0 radical (unpaired) electrons. The molecule has 7 heteroatoms. The molecule has 2 aromatic rings. The highest BCUT2D eigenvalue weighted by molar-refractivity contribution is 7.89. The molecule has 2 aromatic carbocycles. The SMILES string of the molecule is Cc1cc(Cl)ccc1S(=O)(=O)N1CCOC(c2ccc(F)cc2)C1. The predicted octanol–water partition coefficient (Wildman–Crippen LogP) is 3.55. The van der Waals surface area contributed by atoms with Crippen LogP contribution in [-0.2, 0) is 14.8 Å². The number of rotatable bonds is 3. The summed E-state index contributed by atoms with van der Waals surface area (Å²) >= 11 is 5.91. The molecule has 0 aromatic heterocycles. The molecule has 0 N–H and O–H groups in total. The van der Waals surface area contributed by atoms with Gasteiger partial charge in [0, 0.05) is 18.1 Å². The molecule has 1 aliphatic rings. The summed E-state index contributed by atoms with van der Waals surface area (Å²) in [5.41, 5.74) is 1.36. The molecule has 4 nitrogen and oxygen atoms in total. The van der Waals surface area contributed by atoms with Crippen molar-refractivity contribution in [2.75, 3.05) is 19.7 Å². The standard InChI is InChI=1S/C17H17ClFNO3S/c1-12-10-14(18)4-7-17(12)24(21,22)20-8-9-23-16(11-20)13-2-5-15(19)6-3-13/h2-7,10,16H,8-9,11H2,1H3. The number of hydrogen-bond acceptors (Lipinski definition) is 3. The van der Waals surface area contributed by atoms with Crippen LogP contribution in [0.5, 0.6) is 0 Å². The van der Waals surface area contributed by atoms with E-state index in [1.807, 2.05) is 0 Å². The van der Waals surface area contributed by atoms with Crippen molar-refractivity contribution in [3.05, 3.63) is 64.4 Å². The molecule has 1 unspecified atom stereocenters. The molecule has 0 bridgehead atoms. The lowest BCUT2D eigenvalue weighted by molar-refractivity contribution is -0.00259. The third-order valence-corrected chi connectivity index (χ3v) is 6.29. The van der Waals surface area contributed by atoms with Gasteiger partial charge in [0.15, 0.2) is 0 Å². The van der Waals surface area contributed by atoms with Gasteiger partial charge in [0.1, 0.15) is 5.82 Å². The molecule has 1 atom stereocenters. The number of nitrogens with zero attached hydrogens (tertiary/aromatic N) is 1. The molecular formula is C17H17ClFNO3S. The number of hydrogen-bond donors (Lipinski definition) is 0. The monoisotopic (exact) mass is 369 g/mol. The minimum atomic E-state index is -3.64. The minimum absolute atomic E-state index is 0.191. The van der Waals surface area contributed by atoms with E-state index in [9.17, 15) is 12.8 Å². The van der Waals surface area contributed by atoms with Crippen LogP contribution in [0.15, 0.2) is 47.4 Å². The van der Waals surface area contributed by atoms with E-state index >= 15 is 0 Å². The van der Waals surface area contributed by atoms with Gasteiger partial charge in [-0.2, -0.15) is 4.31 Å². The normalized spacial score (nSPS) is 19.4. The molecule has 128 valence electrons. The summed E-state index contributed by atoms with van der Waals surface area (Å²) in [5, 5.41) is 0.498. The number of ether oxygens (including phenoxy) is 1. The third kappa shape index (κ3) is 3.47. The van der Waals surface area contributed by atoms with Crippen molar-refractivity contribution >= 4 is 21.6 Å². The summed E-state index contributed by atoms with van der Waals surface area (Å²) in [5.74, 6) is -0.337. The molecule has 1 heterocycles. The Morgan fingerprint density at radius 1 is 1.21 bits per heavy atom. The van der Waals surface area contributed by atoms with Crippen molar-refractivity contribution in [1.29, 1.82) is 0 Å². The van der Waals surface area contributed by atoms with Crippen molar-refractivity contribution in [2.45, 2.75) is 17.9 Å². The zero-order valence-corrected chi connectivity index (χ0v) is 14.6. The van der Waals surface area contributed by atoms with Gasteiger partial charge in [-0.3, -0.25) is 0 Å². The number of halogens is 2. The highest BCUT2D eigenvalue weighted by Crippen LogP contribution is 2.28. The molecule has 0 saturated carbocycles. The Morgan fingerprint density at radius 2 is 1.92 bits per heavy atom. The summed E-state index contributed by atoms with van der Waals surface area (Å²) < 4.78 is 46.0. The van der Waals surface area contributed by atoms with Gasteiger partial charge in [0.2, 0.25) is 10.0 Å². The van der Waals surface area contributed by atoms with Crippen molar-refractivity contribution in [3.8, 4) is 0 Å². The highest BCUT2D eigenvalue weighted by atomic mass is 35.5. The lowest BCUT2D eigenvalue weighted by Gasteiger charge is -2.32. The van der Waals surface area contributed by atoms with Crippen LogP contribution >= 0.6 is 11.6 Å². The maximum absolute atomic E-state index is 13.1. The van der Waals surface area contributed by atoms with Gasteiger partial charge in [-0.1, -0.05) is 23.7 Å². The van der Waals surface area contributed by atoms with Crippen molar-refractivity contribution in [2.24, 2.45) is 0 Å². The van der Waals surface area contributed by atoms with E-state index in [1.165, 1.54) is 22.5 Å². The fourth-order valence-electron chi connectivity index (χ4n) is 2.76. The highest BCUT2D eigenvalue weighted by Gasteiger charge is 2.32. The van der Waals surface area contributed by atoms with Gasteiger partial charge >= 0.3 is 0 Å². The average Bonchev–Trinajstić information content (AvgIpc) is 2.55. The molecule has 0 spiro atoms. The Bertz CT molecular complexity index is 839. The number of aryl methyl sites for hydroxylation is 1. The van der Waals surface area contributed by atoms with Gasteiger partial charge < -0.3 is 4.74 Å². The first-order valence-electron chi connectivity index (χ1n) is 7.51. The minimum Gasteiger partial charge on any atom is -0.371 e. The quantitative estimate of drug-likeness (QED) is 0.831. The second-order valence-corrected chi connectivity index (χ2v) is 8.03. The van der Waals surface area contributed by atoms with E-state index < -0.39 is 16.1 Å². The van der Waals surface area contributed by atoms with Crippen LogP contribution in [0.25, 0.3) is 0 Å². The summed E-state index contributed by atoms with van der Waals surface area (Å²) in [6, 6.07) is 10.6. The second kappa shape index (κ2) is 6.80. The van der Waals surface area contributed by atoms with Gasteiger partial charge in [-0.25, -0.2) is 12.8 Å². The topological polar surface area (TPSA) is 46.6 Å². The Balaban J connectivity index is 1.87. The molecule has 24 heavy (non-hydrogen) atoms. The summed E-state index contributed by atoms with van der Waals surface area (Å²) in [7, 11) is -3.64. The smallest absolute Gasteiger partial charge is 0.243 e. The summed E-state index contributed by atoms with van der Waals surface area (Å²) in [4.78, 5) is 0.242. The van der Waals surface area contributed by atoms with Crippen LogP contribution < -0.4 is 0 Å². The molecule has 1 fully saturated rings. The van der Waals surface area contributed by atoms with E-state index in [2.05, 4.69) is 0 Å². The molecule has 1 aliphatic heterocycles. The molecule has 3 rings (SSSR count). The molecule has 1 saturated heterocycles. The van der Waals surface area contributed by atoms with Crippen LogP contribution in [0.1, 0.15) is 17.2 Å². The van der Waals surface area contributed by atoms with E-state index in [0.29, 0.717) is 10.6 Å². The van der Waals surface area contributed by atoms with Crippen LogP contribution in [-0.4, -0.2) is 32.4 Å². The van der Waals surface area contributed by atoms with E-state index in [-0.39, 0.29) is 30.4 Å². The summed E-state index contributed by atoms with van der Waals surface area (Å²) in [6.45, 7) is 2.47. The number of morpholine rings is 1. The van der Waals surface area contributed by atoms with Crippen molar-refractivity contribution in [3.63, 3.8) is 0 Å². The largest absolute Gasteiger partial charge is 0.371 e. The maximum Gasteiger partial charge on any atom is 0.243 e. The first-order chi connectivity index (χ1) is 11.4.